The molecule has 3 heterocycles. The molecule has 6 nitrogen and oxygen atoms in total. The van der Waals surface area contributed by atoms with E-state index in [1.54, 1.807) is 0 Å². The molecule has 0 unspecified atom stereocenters. The van der Waals surface area contributed by atoms with E-state index in [9.17, 15) is 9.59 Å². The van der Waals surface area contributed by atoms with Crippen molar-refractivity contribution in [2.45, 2.75) is 40.0 Å². The Morgan fingerprint density at radius 1 is 0.867 bits per heavy atom. The first-order valence-electron chi connectivity index (χ1n) is 11.3. The molecule has 2 aliphatic rings. The van der Waals surface area contributed by atoms with E-state index in [0.29, 0.717) is 19.6 Å². The first-order valence-corrected chi connectivity index (χ1v) is 12.9. The topological polar surface area (TPSA) is 47.1 Å². The molecule has 1 aromatic heterocycles. The molecule has 0 N–H and O–H groups in total. The summed E-state index contributed by atoms with van der Waals surface area (Å²) in [6.45, 7) is 14.6. The molecule has 2 amide bonds. The lowest BCUT2D eigenvalue weighted by molar-refractivity contribution is -0.134. The molecule has 0 atom stereocenters. The summed E-state index contributed by atoms with van der Waals surface area (Å²) >= 11 is 4.87. The summed E-state index contributed by atoms with van der Waals surface area (Å²) in [6, 6.07) is 3.77. The first kappa shape index (κ1) is 25.3. The number of carbonyl (C=O) groups is 2. The smallest absolute Gasteiger partial charge is 0.264 e. The standard InChI is InChI=1S/C17H25BrN4O2S.C5H12/c1-2-19-5-9-21(10-6-19)16(23)13-20-7-11-22(12-8-20)17(24)14-3-4-15(18)25-14;1-3-5-4-2/h3-4H,2,5-13H2,1H3;3-5H2,1-2H3. The Labute approximate surface area is 194 Å². The molecule has 170 valence electrons. The second kappa shape index (κ2) is 13.5. The van der Waals surface area contributed by atoms with Crippen molar-refractivity contribution in [2.75, 3.05) is 65.4 Å². The Hall–Kier alpha value is -0.960. The monoisotopic (exact) mass is 500 g/mol. The van der Waals surface area contributed by atoms with Crippen molar-refractivity contribution >= 4 is 39.1 Å². The molecule has 0 saturated carbocycles. The number of thiophene rings is 1. The second-order valence-electron chi connectivity index (χ2n) is 7.84. The largest absolute Gasteiger partial charge is 0.339 e. The third-order valence-corrected chi connectivity index (χ3v) is 7.29. The molecule has 0 aliphatic carbocycles. The summed E-state index contributed by atoms with van der Waals surface area (Å²) in [4.78, 5) is 34.1. The summed E-state index contributed by atoms with van der Waals surface area (Å²) < 4.78 is 0.975. The number of hydrogen-bond acceptors (Lipinski definition) is 5. The van der Waals surface area contributed by atoms with Gasteiger partial charge in [-0.15, -0.1) is 11.3 Å². The maximum absolute atomic E-state index is 12.5. The van der Waals surface area contributed by atoms with Crippen LogP contribution in [0.4, 0.5) is 0 Å². The number of nitrogens with zero attached hydrogens (tertiary/aromatic N) is 4. The van der Waals surface area contributed by atoms with Crippen molar-refractivity contribution in [3.63, 3.8) is 0 Å². The van der Waals surface area contributed by atoms with Crippen molar-refractivity contribution in [3.8, 4) is 0 Å². The lowest BCUT2D eigenvalue weighted by atomic mass is 10.2. The van der Waals surface area contributed by atoms with Gasteiger partial charge in [-0.3, -0.25) is 14.5 Å². The Morgan fingerprint density at radius 3 is 1.90 bits per heavy atom. The number of hydrogen-bond donors (Lipinski definition) is 0. The molecular weight excluding hydrogens is 464 g/mol. The van der Waals surface area contributed by atoms with E-state index in [2.05, 4.69) is 46.5 Å². The van der Waals surface area contributed by atoms with Gasteiger partial charge >= 0.3 is 0 Å². The second-order valence-corrected chi connectivity index (χ2v) is 10.3. The van der Waals surface area contributed by atoms with Crippen LogP contribution in [-0.2, 0) is 4.79 Å². The fraction of sp³-hybridized carbons (Fsp3) is 0.727. The van der Waals surface area contributed by atoms with Crippen molar-refractivity contribution in [1.29, 1.82) is 0 Å². The highest BCUT2D eigenvalue weighted by atomic mass is 79.9. The van der Waals surface area contributed by atoms with Crippen LogP contribution in [0, 0.1) is 0 Å². The van der Waals surface area contributed by atoms with Crippen molar-refractivity contribution in [3.05, 3.63) is 20.8 Å². The molecule has 3 rings (SSSR count). The van der Waals surface area contributed by atoms with E-state index in [1.807, 2.05) is 21.9 Å². The molecular formula is C22H37BrN4O2S. The molecule has 0 radical (unpaired) electrons. The number of carbonyl (C=O) groups excluding carboxylic acids is 2. The van der Waals surface area contributed by atoms with E-state index in [0.717, 1.165) is 54.5 Å². The molecule has 2 aliphatic heterocycles. The SMILES string of the molecule is CCCCC.CCN1CCN(C(=O)CN2CCN(C(=O)c3ccc(Br)s3)CC2)CC1. The van der Waals surface area contributed by atoms with Gasteiger partial charge in [0.05, 0.1) is 15.2 Å². The van der Waals surface area contributed by atoms with Crippen LogP contribution in [0.15, 0.2) is 15.9 Å². The third-order valence-electron chi connectivity index (χ3n) is 5.68. The number of amides is 2. The zero-order valence-corrected chi connectivity index (χ0v) is 21.1. The van der Waals surface area contributed by atoms with Gasteiger partial charge in [0.25, 0.3) is 5.91 Å². The van der Waals surface area contributed by atoms with Crippen LogP contribution < -0.4 is 0 Å². The number of unbranched alkanes of at least 4 members (excludes halogenated alkanes) is 2. The quantitative estimate of drug-likeness (QED) is 0.598. The van der Waals surface area contributed by atoms with Crippen LogP contribution >= 0.6 is 27.3 Å². The Bertz CT molecular complexity index is 651. The number of rotatable bonds is 6. The summed E-state index contributed by atoms with van der Waals surface area (Å²) in [5.74, 6) is 0.315. The zero-order chi connectivity index (χ0) is 21.9. The minimum Gasteiger partial charge on any atom is -0.339 e. The lowest BCUT2D eigenvalue weighted by Crippen LogP contribution is -2.54. The fourth-order valence-corrected chi connectivity index (χ4v) is 5.01. The van der Waals surface area contributed by atoms with Gasteiger partial charge in [0.1, 0.15) is 0 Å². The Morgan fingerprint density at radius 2 is 1.43 bits per heavy atom. The number of halogens is 1. The fourth-order valence-electron chi connectivity index (χ4n) is 3.65. The average molecular weight is 502 g/mol. The van der Waals surface area contributed by atoms with Gasteiger partial charge in [-0.25, -0.2) is 0 Å². The summed E-state index contributed by atoms with van der Waals surface area (Å²) in [7, 11) is 0. The van der Waals surface area contributed by atoms with E-state index >= 15 is 0 Å². The maximum atomic E-state index is 12.5. The van der Waals surface area contributed by atoms with Crippen molar-refractivity contribution < 1.29 is 9.59 Å². The van der Waals surface area contributed by atoms with Crippen LogP contribution in [0.3, 0.4) is 0 Å². The van der Waals surface area contributed by atoms with Crippen molar-refractivity contribution in [1.82, 2.24) is 19.6 Å². The van der Waals surface area contributed by atoms with Crippen LogP contribution in [0.25, 0.3) is 0 Å². The minimum atomic E-state index is 0.0948. The van der Waals surface area contributed by atoms with Crippen LogP contribution in [0.1, 0.15) is 49.7 Å². The highest BCUT2D eigenvalue weighted by Crippen LogP contribution is 2.23. The molecule has 0 aromatic carbocycles. The Balaban J connectivity index is 0.000000575. The Kier molecular flexibility index (Phi) is 11.3. The summed E-state index contributed by atoms with van der Waals surface area (Å²) in [6.07, 6.45) is 4.08. The predicted octanol–water partition coefficient (Wildman–Crippen LogP) is 3.63. The summed E-state index contributed by atoms with van der Waals surface area (Å²) in [5.41, 5.74) is 0. The van der Waals surface area contributed by atoms with Gasteiger partial charge in [-0.1, -0.05) is 40.0 Å². The number of likely N-dealkylation sites (N-methyl/N-ethyl adjacent to an activating group) is 1. The molecule has 0 spiro atoms. The first-order chi connectivity index (χ1) is 14.5. The van der Waals surface area contributed by atoms with E-state index < -0.39 is 0 Å². The van der Waals surface area contributed by atoms with E-state index in [-0.39, 0.29) is 11.8 Å². The van der Waals surface area contributed by atoms with Crippen LogP contribution in [-0.4, -0.2) is 96.9 Å². The highest BCUT2D eigenvalue weighted by Gasteiger charge is 2.26. The zero-order valence-electron chi connectivity index (χ0n) is 18.7. The molecule has 30 heavy (non-hydrogen) atoms. The number of piperazine rings is 2. The van der Waals surface area contributed by atoms with Gasteiger partial charge in [0.2, 0.25) is 5.91 Å². The van der Waals surface area contributed by atoms with Gasteiger partial charge in [-0.05, 0) is 34.6 Å². The third kappa shape index (κ3) is 7.94. The lowest BCUT2D eigenvalue weighted by Gasteiger charge is -2.37. The maximum Gasteiger partial charge on any atom is 0.264 e. The van der Waals surface area contributed by atoms with E-state index in [4.69, 9.17) is 0 Å². The molecule has 0 bridgehead atoms. The highest BCUT2D eigenvalue weighted by molar-refractivity contribution is 9.11. The van der Waals surface area contributed by atoms with Crippen LogP contribution in [0.5, 0.6) is 0 Å². The van der Waals surface area contributed by atoms with Crippen LogP contribution in [0.2, 0.25) is 0 Å². The molecule has 2 fully saturated rings. The molecule has 1 aromatic rings. The van der Waals surface area contributed by atoms with Gasteiger partial charge in [0, 0.05) is 52.4 Å². The molecule has 2 saturated heterocycles. The minimum absolute atomic E-state index is 0.0948. The van der Waals surface area contributed by atoms with Gasteiger partial charge < -0.3 is 14.7 Å². The van der Waals surface area contributed by atoms with Crippen molar-refractivity contribution in [2.24, 2.45) is 0 Å². The predicted molar refractivity (Wildman–Crippen MR) is 128 cm³/mol. The van der Waals surface area contributed by atoms with Gasteiger partial charge in [-0.2, -0.15) is 0 Å². The summed E-state index contributed by atoms with van der Waals surface area (Å²) in [5, 5.41) is 0. The average Bonchev–Trinajstić information content (AvgIpc) is 3.21. The molecule has 8 heteroatoms. The van der Waals surface area contributed by atoms with E-state index in [1.165, 1.54) is 30.6 Å². The normalized spacial score (nSPS) is 18.1. The van der Waals surface area contributed by atoms with Gasteiger partial charge in [0.15, 0.2) is 0 Å².